The molecular weight excluding hydrogens is 314 g/mol. The molecule has 0 saturated carbocycles. The van der Waals surface area contributed by atoms with Crippen LogP contribution in [0.2, 0.25) is 0 Å². The summed E-state index contributed by atoms with van der Waals surface area (Å²) >= 11 is 0. The van der Waals surface area contributed by atoms with Gasteiger partial charge in [0.25, 0.3) is 5.91 Å². The number of hydrogen-bond donors (Lipinski definition) is 1. The number of anilines is 1. The predicted octanol–water partition coefficient (Wildman–Crippen LogP) is 4.42. The topological polar surface area (TPSA) is 47.6 Å². The molecule has 1 aliphatic rings. The van der Waals surface area contributed by atoms with E-state index in [1.807, 2.05) is 26.0 Å². The Bertz CT molecular complexity index is 723. The van der Waals surface area contributed by atoms with Crippen LogP contribution >= 0.6 is 0 Å². The molecule has 0 unspecified atom stereocenters. The molecule has 0 aromatic heterocycles. The Kier molecular flexibility index (Phi) is 5.39. The summed E-state index contributed by atoms with van der Waals surface area (Å²) in [7, 11) is 0. The summed E-state index contributed by atoms with van der Waals surface area (Å²) < 4.78 is 11.3. The first-order chi connectivity index (χ1) is 12.0. The average molecular weight is 339 g/mol. The first-order valence-electron chi connectivity index (χ1n) is 8.76. The number of carbonyl (C=O) groups excluding carboxylic acids is 1. The van der Waals surface area contributed by atoms with Gasteiger partial charge in [-0.3, -0.25) is 4.79 Å². The smallest absolute Gasteiger partial charge is 0.255 e. The number of ether oxygens (including phenoxy) is 2. The van der Waals surface area contributed by atoms with E-state index < -0.39 is 0 Å². The van der Waals surface area contributed by atoms with Crippen molar-refractivity contribution in [3.05, 3.63) is 58.7 Å². The van der Waals surface area contributed by atoms with E-state index in [1.165, 1.54) is 5.56 Å². The fourth-order valence-electron chi connectivity index (χ4n) is 3.23. The Balaban J connectivity index is 1.62. The molecule has 2 aromatic rings. The number of benzene rings is 2. The highest BCUT2D eigenvalue weighted by molar-refractivity contribution is 6.05. The van der Waals surface area contributed by atoms with Crippen molar-refractivity contribution in [3.63, 3.8) is 0 Å². The van der Waals surface area contributed by atoms with E-state index in [1.54, 1.807) is 12.1 Å². The molecule has 4 nitrogen and oxygen atoms in total. The molecule has 0 bridgehead atoms. The maximum atomic E-state index is 12.5. The van der Waals surface area contributed by atoms with E-state index in [9.17, 15) is 4.79 Å². The molecule has 1 aliphatic heterocycles. The van der Waals surface area contributed by atoms with Crippen molar-refractivity contribution in [1.82, 2.24) is 0 Å². The van der Waals surface area contributed by atoms with Crippen LogP contribution in [-0.4, -0.2) is 25.2 Å². The summed E-state index contributed by atoms with van der Waals surface area (Å²) in [5.41, 5.74) is 4.84. The number of aryl methyl sites for hydroxylation is 3. The molecule has 4 heteroatoms. The number of rotatable bonds is 5. The molecule has 25 heavy (non-hydrogen) atoms. The highest BCUT2D eigenvalue weighted by Gasteiger charge is 2.16. The lowest BCUT2D eigenvalue weighted by Gasteiger charge is -2.14. The summed E-state index contributed by atoms with van der Waals surface area (Å²) in [5, 5.41) is 3.02. The van der Waals surface area contributed by atoms with Gasteiger partial charge in [-0.25, -0.2) is 0 Å². The van der Waals surface area contributed by atoms with Crippen LogP contribution in [0.4, 0.5) is 5.69 Å². The molecule has 1 atom stereocenters. The van der Waals surface area contributed by atoms with E-state index in [0.717, 1.165) is 42.0 Å². The van der Waals surface area contributed by atoms with Gasteiger partial charge in [0.1, 0.15) is 12.4 Å². The second kappa shape index (κ2) is 7.70. The van der Waals surface area contributed by atoms with Gasteiger partial charge in [0.05, 0.1) is 6.10 Å². The second-order valence-electron chi connectivity index (χ2n) is 6.70. The molecule has 3 rings (SSSR count). The number of carbonyl (C=O) groups is 1. The number of amides is 1. The van der Waals surface area contributed by atoms with Gasteiger partial charge in [-0.2, -0.15) is 0 Å². The Morgan fingerprint density at radius 3 is 2.44 bits per heavy atom. The van der Waals surface area contributed by atoms with Crippen molar-refractivity contribution in [2.24, 2.45) is 0 Å². The maximum absolute atomic E-state index is 12.5. The van der Waals surface area contributed by atoms with Crippen molar-refractivity contribution < 1.29 is 14.3 Å². The van der Waals surface area contributed by atoms with Crippen LogP contribution in [0.3, 0.4) is 0 Å². The highest BCUT2D eigenvalue weighted by Crippen LogP contribution is 2.23. The summed E-state index contributed by atoms with van der Waals surface area (Å²) in [6, 6.07) is 11.4. The van der Waals surface area contributed by atoms with Crippen LogP contribution in [0.5, 0.6) is 5.75 Å². The molecule has 1 N–H and O–H groups in total. The van der Waals surface area contributed by atoms with Crippen molar-refractivity contribution in [2.45, 2.75) is 39.7 Å². The quantitative estimate of drug-likeness (QED) is 0.877. The monoisotopic (exact) mass is 339 g/mol. The third-order valence-corrected chi connectivity index (χ3v) is 4.49. The Labute approximate surface area is 149 Å². The van der Waals surface area contributed by atoms with Gasteiger partial charge >= 0.3 is 0 Å². The third-order valence-electron chi connectivity index (χ3n) is 4.49. The first kappa shape index (κ1) is 17.5. The Morgan fingerprint density at radius 1 is 1.16 bits per heavy atom. The van der Waals surface area contributed by atoms with Crippen LogP contribution in [-0.2, 0) is 4.74 Å². The zero-order valence-electron chi connectivity index (χ0n) is 15.1. The zero-order chi connectivity index (χ0) is 17.8. The van der Waals surface area contributed by atoms with E-state index in [0.29, 0.717) is 12.2 Å². The van der Waals surface area contributed by atoms with Gasteiger partial charge < -0.3 is 14.8 Å². The lowest BCUT2D eigenvalue weighted by molar-refractivity contribution is 0.0679. The second-order valence-corrected chi connectivity index (χ2v) is 6.70. The number of nitrogens with one attached hydrogen (secondary N) is 1. The standard InChI is InChI=1S/C21H25NO3/c1-14-11-15(2)20(16(3)12-14)22-21(23)17-6-8-18(9-7-17)25-13-19-5-4-10-24-19/h6-9,11-12,19H,4-5,10,13H2,1-3H3,(H,22,23)/t19-/m0/s1. The largest absolute Gasteiger partial charge is 0.491 e. The highest BCUT2D eigenvalue weighted by atomic mass is 16.5. The van der Waals surface area contributed by atoms with Gasteiger partial charge in [-0.15, -0.1) is 0 Å². The minimum absolute atomic E-state index is 0.110. The molecule has 0 radical (unpaired) electrons. The summed E-state index contributed by atoms with van der Waals surface area (Å²) in [6.45, 7) is 7.47. The van der Waals surface area contributed by atoms with E-state index in [4.69, 9.17) is 9.47 Å². The van der Waals surface area contributed by atoms with Crippen molar-refractivity contribution in [1.29, 1.82) is 0 Å². The summed E-state index contributed by atoms with van der Waals surface area (Å²) in [5.74, 6) is 0.649. The molecule has 1 fully saturated rings. The van der Waals surface area contributed by atoms with Gasteiger partial charge in [0.2, 0.25) is 0 Å². The third kappa shape index (κ3) is 4.40. The molecular formula is C21H25NO3. The minimum Gasteiger partial charge on any atom is -0.491 e. The van der Waals surface area contributed by atoms with Crippen molar-refractivity contribution in [3.8, 4) is 5.75 Å². The molecule has 1 saturated heterocycles. The maximum Gasteiger partial charge on any atom is 0.255 e. The van der Waals surface area contributed by atoms with Crippen molar-refractivity contribution in [2.75, 3.05) is 18.5 Å². The average Bonchev–Trinajstić information content (AvgIpc) is 3.10. The van der Waals surface area contributed by atoms with Gasteiger partial charge in [0, 0.05) is 17.9 Å². The Morgan fingerprint density at radius 2 is 1.84 bits per heavy atom. The molecule has 1 heterocycles. The van der Waals surface area contributed by atoms with Crippen LogP contribution in [0.25, 0.3) is 0 Å². The lowest BCUT2D eigenvalue weighted by Crippen LogP contribution is -2.16. The van der Waals surface area contributed by atoms with Crippen LogP contribution in [0, 0.1) is 20.8 Å². The minimum atomic E-state index is -0.110. The zero-order valence-corrected chi connectivity index (χ0v) is 15.1. The molecule has 1 amide bonds. The summed E-state index contributed by atoms with van der Waals surface area (Å²) in [4.78, 5) is 12.5. The molecule has 0 aliphatic carbocycles. The van der Waals surface area contributed by atoms with Crippen LogP contribution in [0.1, 0.15) is 39.9 Å². The van der Waals surface area contributed by atoms with Gasteiger partial charge in [-0.05, 0) is 69.0 Å². The van der Waals surface area contributed by atoms with Gasteiger partial charge in [0.15, 0.2) is 0 Å². The van der Waals surface area contributed by atoms with Gasteiger partial charge in [-0.1, -0.05) is 17.7 Å². The van der Waals surface area contributed by atoms with E-state index >= 15 is 0 Å². The first-order valence-corrected chi connectivity index (χ1v) is 8.76. The lowest BCUT2D eigenvalue weighted by atomic mass is 10.0. The van der Waals surface area contributed by atoms with Crippen LogP contribution < -0.4 is 10.1 Å². The normalized spacial score (nSPS) is 16.7. The number of hydrogen-bond acceptors (Lipinski definition) is 3. The fourth-order valence-corrected chi connectivity index (χ4v) is 3.23. The van der Waals surface area contributed by atoms with Crippen molar-refractivity contribution >= 4 is 11.6 Å². The Hall–Kier alpha value is -2.33. The van der Waals surface area contributed by atoms with Crippen LogP contribution in [0.15, 0.2) is 36.4 Å². The van der Waals surface area contributed by atoms with E-state index in [2.05, 4.69) is 24.4 Å². The molecule has 0 spiro atoms. The fraction of sp³-hybridized carbons (Fsp3) is 0.381. The van der Waals surface area contributed by atoms with E-state index in [-0.39, 0.29) is 12.0 Å². The SMILES string of the molecule is Cc1cc(C)c(NC(=O)c2ccc(OC[C@@H]3CCCO3)cc2)c(C)c1. The summed E-state index contributed by atoms with van der Waals surface area (Å²) in [6.07, 6.45) is 2.34. The molecule has 2 aromatic carbocycles. The molecule has 132 valence electrons. The predicted molar refractivity (Wildman–Crippen MR) is 99.5 cm³/mol.